The van der Waals surface area contributed by atoms with Crippen molar-refractivity contribution in [3.8, 4) is 11.5 Å². The average molecular weight is 520 g/mol. The number of methoxy groups -OCH3 is 2. The number of carbonyl (C=O) groups excluding carboxylic acids is 2. The number of hydrogen-bond acceptors (Lipinski definition) is 7. The van der Waals surface area contributed by atoms with Crippen LogP contribution < -0.4 is 9.47 Å². The Morgan fingerprint density at radius 1 is 1.03 bits per heavy atom. The second kappa shape index (κ2) is 11.4. The van der Waals surface area contributed by atoms with E-state index in [1.54, 1.807) is 43.5 Å². The van der Waals surface area contributed by atoms with Crippen molar-refractivity contribution < 1.29 is 23.8 Å². The number of carbonyl (C=O) groups is 2. The van der Waals surface area contributed by atoms with Gasteiger partial charge in [0.15, 0.2) is 17.5 Å². The summed E-state index contributed by atoms with van der Waals surface area (Å²) in [7, 11) is 2.86. The predicted molar refractivity (Wildman–Crippen MR) is 145 cm³/mol. The Bertz CT molecular complexity index is 1320. The van der Waals surface area contributed by atoms with Crippen LogP contribution in [0.1, 0.15) is 28.3 Å². The summed E-state index contributed by atoms with van der Waals surface area (Å²) in [5.74, 6) is 0.225. The Labute approximate surface area is 219 Å². The standard InChI is InChI=1S/C28H25NO5S2/c1-18-9-7-8-12-21(18)17-34-22-14-13-19(15-23(22)32-2)16-24-26(30)29(28(35)36-24)25(27(31)33-3)20-10-5-4-6-11-20/h4-16,25H,17H2,1-3H3/b24-16-. The van der Waals surface area contributed by atoms with Crippen LogP contribution in [0.5, 0.6) is 11.5 Å². The molecule has 1 saturated heterocycles. The maximum atomic E-state index is 13.4. The van der Waals surface area contributed by atoms with Gasteiger partial charge in [-0.05, 0) is 47.4 Å². The number of amides is 1. The Hall–Kier alpha value is -3.62. The van der Waals surface area contributed by atoms with Gasteiger partial charge in [-0.25, -0.2) is 4.79 Å². The summed E-state index contributed by atoms with van der Waals surface area (Å²) in [4.78, 5) is 27.7. The van der Waals surface area contributed by atoms with Gasteiger partial charge in [0, 0.05) is 0 Å². The van der Waals surface area contributed by atoms with Crippen molar-refractivity contribution in [1.29, 1.82) is 0 Å². The zero-order valence-corrected chi connectivity index (χ0v) is 21.7. The highest BCUT2D eigenvalue weighted by molar-refractivity contribution is 8.26. The number of thiocarbonyl (C=S) groups is 1. The first-order valence-electron chi connectivity index (χ1n) is 11.2. The quantitative estimate of drug-likeness (QED) is 0.215. The van der Waals surface area contributed by atoms with Crippen LogP contribution in [0, 0.1) is 6.92 Å². The zero-order chi connectivity index (χ0) is 25.7. The van der Waals surface area contributed by atoms with Gasteiger partial charge < -0.3 is 14.2 Å². The van der Waals surface area contributed by atoms with Crippen LogP contribution in [0.4, 0.5) is 0 Å². The van der Waals surface area contributed by atoms with Crippen molar-refractivity contribution in [2.24, 2.45) is 0 Å². The molecule has 0 spiro atoms. The van der Waals surface area contributed by atoms with E-state index in [2.05, 4.69) is 0 Å². The number of hydrogen-bond donors (Lipinski definition) is 0. The molecule has 1 heterocycles. The number of benzene rings is 3. The molecule has 3 aromatic rings. The summed E-state index contributed by atoms with van der Waals surface area (Å²) in [5, 5.41) is 0. The summed E-state index contributed by atoms with van der Waals surface area (Å²) < 4.78 is 16.8. The SMILES string of the molecule is COC(=O)C(c1ccccc1)N1C(=O)/C(=C/c2ccc(OCc3ccccc3C)c(OC)c2)SC1=S. The van der Waals surface area contributed by atoms with Crippen molar-refractivity contribution >= 4 is 46.3 Å². The van der Waals surface area contributed by atoms with Gasteiger partial charge in [0.25, 0.3) is 5.91 Å². The normalized spacial score (nSPS) is 15.2. The maximum absolute atomic E-state index is 13.4. The van der Waals surface area contributed by atoms with E-state index in [1.165, 1.54) is 12.0 Å². The van der Waals surface area contributed by atoms with Gasteiger partial charge in [-0.15, -0.1) is 0 Å². The number of ether oxygens (including phenoxy) is 3. The minimum absolute atomic E-state index is 0.288. The van der Waals surface area contributed by atoms with Gasteiger partial charge in [-0.1, -0.05) is 84.6 Å². The second-order valence-corrected chi connectivity index (χ2v) is 9.69. The fourth-order valence-corrected chi connectivity index (χ4v) is 5.13. The molecule has 0 radical (unpaired) electrons. The van der Waals surface area contributed by atoms with Crippen molar-refractivity contribution in [2.75, 3.05) is 14.2 Å². The van der Waals surface area contributed by atoms with Gasteiger partial charge in [0.05, 0.1) is 19.1 Å². The Kier molecular flexibility index (Phi) is 8.07. The molecule has 1 atom stereocenters. The largest absolute Gasteiger partial charge is 0.493 e. The summed E-state index contributed by atoms with van der Waals surface area (Å²) in [6, 6.07) is 21.5. The molecule has 0 aromatic heterocycles. The smallest absolute Gasteiger partial charge is 0.333 e. The Balaban J connectivity index is 1.57. The molecule has 8 heteroatoms. The number of aryl methyl sites for hydroxylation is 1. The predicted octanol–water partition coefficient (Wildman–Crippen LogP) is 5.70. The van der Waals surface area contributed by atoms with Gasteiger partial charge in [0.1, 0.15) is 10.9 Å². The lowest BCUT2D eigenvalue weighted by atomic mass is 10.1. The number of esters is 1. The molecule has 0 N–H and O–H groups in total. The molecule has 1 amide bonds. The Morgan fingerprint density at radius 2 is 1.75 bits per heavy atom. The van der Waals surface area contributed by atoms with Crippen molar-refractivity contribution in [1.82, 2.24) is 4.90 Å². The maximum Gasteiger partial charge on any atom is 0.333 e. The molecule has 4 rings (SSSR count). The molecule has 6 nitrogen and oxygen atoms in total. The van der Waals surface area contributed by atoms with Gasteiger partial charge in [0.2, 0.25) is 0 Å². The van der Waals surface area contributed by atoms with Crippen LogP contribution in [-0.4, -0.2) is 35.3 Å². The van der Waals surface area contributed by atoms with Crippen LogP contribution in [0.3, 0.4) is 0 Å². The lowest BCUT2D eigenvalue weighted by molar-refractivity contribution is -0.148. The van der Waals surface area contributed by atoms with E-state index in [-0.39, 0.29) is 10.2 Å². The lowest BCUT2D eigenvalue weighted by Gasteiger charge is -2.24. The van der Waals surface area contributed by atoms with E-state index < -0.39 is 12.0 Å². The van der Waals surface area contributed by atoms with Crippen LogP contribution in [0.25, 0.3) is 6.08 Å². The molecule has 1 aliphatic rings. The fraction of sp³-hybridized carbons (Fsp3) is 0.179. The number of rotatable bonds is 8. The first-order valence-corrected chi connectivity index (χ1v) is 12.4. The van der Waals surface area contributed by atoms with Crippen LogP contribution >= 0.6 is 24.0 Å². The summed E-state index contributed by atoms with van der Waals surface area (Å²) in [6.45, 7) is 2.45. The summed E-state index contributed by atoms with van der Waals surface area (Å²) in [6.07, 6.45) is 1.73. The third-order valence-electron chi connectivity index (χ3n) is 5.75. The highest BCUT2D eigenvalue weighted by Gasteiger charge is 2.41. The molecule has 0 aliphatic carbocycles. The molecule has 36 heavy (non-hydrogen) atoms. The average Bonchev–Trinajstić information content (AvgIpc) is 3.17. The van der Waals surface area contributed by atoms with E-state index in [0.717, 1.165) is 28.5 Å². The molecular weight excluding hydrogens is 494 g/mol. The molecule has 184 valence electrons. The minimum Gasteiger partial charge on any atom is -0.493 e. The topological polar surface area (TPSA) is 65.1 Å². The van der Waals surface area contributed by atoms with E-state index in [4.69, 9.17) is 26.4 Å². The summed E-state index contributed by atoms with van der Waals surface area (Å²) in [5.41, 5.74) is 3.60. The third-order valence-corrected chi connectivity index (χ3v) is 7.08. The monoisotopic (exact) mass is 519 g/mol. The first kappa shape index (κ1) is 25.5. The van der Waals surface area contributed by atoms with Crippen LogP contribution in [0.15, 0.2) is 77.7 Å². The zero-order valence-electron chi connectivity index (χ0n) is 20.1. The van der Waals surface area contributed by atoms with E-state index in [1.807, 2.05) is 49.4 Å². The molecular formula is C28H25NO5S2. The van der Waals surface area contributed by atoms with Gasteiger partial charge >= 0.3 is 5.97 Å². The highest BCUT2D eigenvalue weighted by atomic mass is 32.2. The number of thioether (sulfide) groups is 1. The lowest BCUT2D eigenvalue weighted by Crippen LogP contribution is -2.37. The van der Waals surface area contributed by atoms with Crippen LogP contribution in [-0.2, 0) is 20.9 Å². The molecule has 1 fully saturated rings. The van der Waals surface area contributed by atoms with Gasteiger partial charge in [-0.2, -0.15) is 0 Å². The first-order chi connectivity index (χ1) is 17.4. The van der Waals surface area contributed by atoms with Crippen LogP contribution in [0.2, 0.25) is 0 Å². The fourth-order valence-electron chi connectivity index (χ4n) is 3.81. The van der Waals surface area contributed by atoms with Crippen molar-refractivity contribution in [3.63, 3.8) is 0 Å². The summed E-state index contributed by atoms with van der Waals surface area (Å²) >= 11 is 6.63. The van der Waals surface area contributed by atoms with Crippen molar-refractivity contribution in [2.45, 2.75) is 19.6 Å². The molecule has 1 unspecified atom stereocenters. The molecule has 3 aromatic carbocycles. The van der Waals surface area contributed by atoms with Gasteiger partial charge in [-0.3, -0.25) is 9.69 Å². The second-order valence-electron chi connectivity index (χ2n) is 8.01. The molecule has 0 saturated carbocycles. The highest BCUT2D eigenvalue weighted by Crippen LogP contribution is 2.39. The third kappa shape index (κ3) is 5.45. The van der Waals surface area contributed by atoms with Crippen molar-refractivity contribution in [3.05, 3.63) is 100.0 Å². The molecule has 1 aliphatic heterocycles. The van der Waals surface area contributed by atoms with E-state index in [9.17, 15) is 9.59 Å². The minimum atomic E-state index is -0.957. The Morgan fingerprint density at radius 3 is 2.44 bits per heavy atom. The number of nitrogens with zero attached hydrogens (tertiary/aromatic N) is 1. The molecule has 0 bridgehead atoms. The van der Waals surface area contributed by atoms with E-state index >= 15 is 0 Å². The van der Waals surface area contributed by atoms with E-state index in [0.29, 0.717) is 28.6 Å².